The molecule has 1 aromatic carbocycles. The molecule has 1 aromatic heterocycles. The molecule has 0 saturated heterocycles. The van der Waals surface area contributed by atoms with Crippen LogP contribution in [0.2, 0.25) is 0 Å². The molecule has 2 aromatic rings. The largest absolute Gasteiger partial charge is 0.382 e. The molecule has 35 heavy (non-hydrogen) atoms. The van der Waals surface area contributed by atoms with Crippen molar-refractivity contribution in [3.05, 3.63) is 36.0 Å². The number of fused-ring (bicyclic) bond motifs is 1. The van der Waals surface area contributed by atoms with Gasteiger partial charge in [-0.3, -0.25) is 14.8 Å². The van der Waals surface area contributed by atoms with E-state index in [9.17, 15) is 14.8 Å². The van der Waals surface area contributed by atoms with Gasteiger partial charge in [-0.15, -0.1) is 0 Å². The summed E-state index contributed by atoms with van der Waals surface area (Å²) in [7, 11) is 3.52. The number of nitrogens with one attached hydrogen (secondary N) is 2. The third kappa shape index (κ3) is 7.51. The quantitative estimate of drug-likeness (QED) is 0.173. The molecule has 0 unspecified atom stereocenters. The minimum atomic E-state index is -0.680. The number of ether oxygens (including phenoxy) is 3. The van der Waals surface area contributed by atoms with E-state index in [2.05, 4.69) is 12.2 Å². The van der Waals surface area contributed by atoms with Crippen LogP contribution in [0.5, 0.6) is 0 Å². The fraction of sp³-hybridized carbons (Fsp3) is 0.615. The Balaban J connectivity index is 1.76. The Kier molecular flexibility index (Phi) is 10.5. The lowest BCUT2D eigenvalue weighted by atomic mass is 9.82. The van der Waals surface area contributed by atoms with Crippen molar-refractivity contribution in [1.82, 2.24) is 15.4 Å². The van der Waals surface area contributed by atoms with Crippen LogP contribution in [0.25, 0.3) is 10.9 Å². The third-order valence-electron chi connectivity index (χ3n) is 6.90. The van der Waals surface area contributed by atoms with Crippen molar-refractivity contribution in [3.8, 4) is 0 Å². The number of hydroxylamine groups is 1. The van der Waals surface area contributed by atoms with Crippen LogP contribution in [-0.2, 0) is 30.8 Å². The van der Waals surface area contributed by atoms with Gasteiger partial charge in [-0.1, -0.05) is 25.1 Å². The smallest absolute Gasteiger partial charge is 0.251 e. The zero-order chi connectivity index (χ0) is 25.2. The SMILES string of the molecule is COCCOCOC[C@H](C[C@H](C(=O)NO)c1cn(C)c2ccccc12)NC(=O)[C@H]1CC[C@H](C)CC1. The van der Waals surface area contributed by atoms with Crippen molar-refractivity contribution in [2.24, 2.45) is 18.9 Å². The topological polar surface area (TPSA) is 111 Å². The molecule has 0 bridgehead atoms. The molecule has 0 aliphatic heterocycles. The van der Waals surface area contributed by atoms with E-state index in [1.165, 1.54) is 0 Å². The molecule has 1 saturated carbocycles. The predicted octanol–water partition coefficient (Wildman–Crippen LogP) is 3.11. The molecule has 3 N–H and O–H groups in total. The van der Waals surface area contributed by atoms with E-state index in [0.717, 1.165) is 42.1 Å². The molecule has 194 valence electrons. The number of hydrogen-bond acceptors (Lipinski definition) is 6. The van der Waals surface area contributed by atoms with Crippen LogP contribution in [-0.4, -0.2) is 61.4 Å². The lowest BCUT2D eigenvalue weighted by Crippen LogP contribution is -2.44. The van der Waals surface area contributed by atoms with Crippen LogP contribution in [0.4, 0.5) is 0 Å². The van der Waals surface area contributed by atoms with Gasteiger partial charge >= 0.3 is 0 Å². The monoisotopic (exact) mass is 489 g/mol. The van der Waals surface area contributed by atoms with Gasteiger partial charge < -0.3 is 24.1 Å². The van der Waals surface area contributed by atoms with E-state index >= 15 is 0 Å². The highest BCUT2D eigenvalue weighted by Crippen LogP contribution is 2.32. The van der Waals surface area contributed by atoms with E-state index in [1.54, 1.807) is 7.11 Å². The first-order valence-electron chi connectivity index (χ1n) is 12.4. The minimum absolute atomic E-state index is 0.00752. The summed E-state index contributed by atoms with van der Waals surface area (Å²) in [5, 5.41) is 13.6. The zero-order valence-electron chi connectivity index (χ0n) is 21.0. The van der Waals surface area contributed by atoms with Crippen LogP contribution >= 0.6 is 0 Å². The lowest BCUT2D eigenvalue weighted by Gasteiger charge is -2.29. The van der Waals surface area contributed by atoms with Crippen LogP contribution in [0.1, 0.15) is 50.5 Å². The number of carbonyl (C=O) groups is 2. The Morgan fingerprint density at radius 3 is 2.60 bits per heavy atom. The summed E-state index contributed by atoms with van der Waals surface area (Å²) in [5.74, 6) is -0.600. The van der Waals surface area contributed by atoms with Gasteiger partial charge in [-0.25, -0.2) is 5.48 Å². The second kappa shape index (κ2) is 13.6. The Labute approximate surface area is 207 Å². The number of carbonyl (C=O) groups excluding carboxylic acids is 2. The Bertz CT molecular complexity index is 954. The summed E-state index contributed by atoms with van der Waals surface area (Å²) in [6, 6.07) is 7.37. The van der Waals surface area contributed by atoms with Crippen LogP contribution in [0.3, 0.4) is 0 Å². The summed E-state index contributed by atoms with van der Waals surface area (Å²) >= 11 is 0. The molecule has 9 nitrogen and oxygen atoms in total. The van der Waals surface area contributed by atoms with E-state index < -0.39 is 17.9 Å². The van der Waals surface area contributed by atoms with Crippen LogP contribution < -0.4 is 10.8 Å². The molecule has 1 aliphatic rings. The number of aryl methyl sites for hydroxylation is 1. The number of benzene rings is 1. The van der Waals surface area contributed by atoms with Crippen molar-refractivity contribution in [2.75, 3.05) is 33.7 Å². The van der Waals surface area contributed by atoms with E-state index in [1.807, 2.05) is 47.6 Å². The van der Waals surface area contributed by atoms with Crippen molar-refractivity contribution in [3.63, 3.8) is 0 Å². The van der Waals surface area contributed by atoms with Crippen molar-refractivity contribution in [2.45, 2.75) is 51.0 Å². The van der Waals surface area contributed by atoms with Gasteiger partial charge in [0.15, 0.2) is 0 Å². The Hall–Kier alpha value is -2.46. The second-order valence-corrected chi connectivity index (χ2v) is 9.53. The van der Waals surface area contributed by atoms with E-state index in [4.69, 9.17) is 14.2 Å². The third-order valence-corrected chi connectivity index (χ3v) is 6.90. The summed E-state index contributed by atoms with van der Waals surface area (Å²) in [4.78, 5) is 25.9. The highest BCUT2D eigenvalue weighted by Gasteiger charge is 2.31. The van der Waals surface area contributed by atoms with Gasteiger partial charge in [0.05, 0.1) is 31.8 Å². The van der Waals surface area contributed by atoms with Crippen molar-refractivity contribution < 1.29 is 29.0 Å². The first-order valence-corrected chi connectivity index (χ1v) is 12.4. The zero-order valence-corrected chi connectivity index (χ0v) is 21.0. The molecule has 1 fully saturated rings. The van der Waals surface area contributed by atoms with Crippen LogP contribution in [0.15, 0.2) is 30.5 Å². The molecule has 3 rings (SSSR count). The second-order valence-electron chi connectivity index (χ2n) is 9.53. The maximum atomic E-state index is 13.1. The number of methoxy groups -OCH3 is 1. The Morgan fingerprint density at radius 2 is 1.89 bits per heavy atom. The first-order chi connectivity index (χ1) is 16.9. The van der Waals surface area contributed by atoms with Gasteiger partial charge in [0.25, 0.3) is 5.91 Å². The fourth-order valence-electron chi connectivity index (χ4n) is 4.85. The molecule has 0 spiro atoms. The number of rotatable bonds is 13. The first kappa shape index (κ1) is 27.1. The average molecular weight is 490 g/mol. The van der Waals surface area contributed by atoms with Gasteiger partial charge in [0.2, 0.25) is 5.91 Å². The Morgan fingerprint density at radius 1 is 1.14 bits per heavy atom. The van der Waals surface area contributed by atoms with E-state index in [0.29, 0.717) is 19.1 Å². The minimum Gasteiger partial charge on any atom is -0.382 e. The summed E-state index contributed by atoms with van der Waals surface area (Å²) < 4.78 is 18.0. The highest BCUT2D eigenvalue weighted by molar-refractivity contribution is 5.92. The molecule has 2 atom stereocenters. The molecular formula is C26H39N3O6. The number of aromatic nitrogens is 1. The van der Waals surface area contributed by atoms with Crippen molar-refractivity contribution in [1.29, 1.82) is 0 Å². The summed E-state index contributed by atoms with van der Waals surface area (Å²) in [6.45, 7) is 3.32. The number of nitrogens with zero attached hydrogens (tertiary/aromatic N) is 1. The maximum Gasteiger partial charge on any atom is 0.251 e. The van der Waals surface area contributed by atoms with Gasteiger partial charge in [0.1, 0.15) is 6.79 Å². The lowest BCUT2D eigenvalue weighted by molar-refractivity contribution is -0.133. The summed E-state index contributed by atoms with van der Waals surface area (Å²) in [6.07, 6.45) is 5.99. The number of amides is 2. The van der Waals surface area contributed by atoms with Gasteiger partial charge in [0, 0.05) is 37.2 Å². The standard InChI is InChI=1S/C26H39N3O6/c1-18-8-10-19(11-9-18)25(30)27-20(16-35-17-34-13-12-33-3)14-22(26(31)28-32)23-15-29(2)24-7-5-4-6-21(23)24/h4-7,15,18-20,22,32H,8-14,16-17H2,1-3H3,(H,27,30)(H,28,31)/t18-,19-,20-,22-/m0/s1. The van der Waals surface area contributed by atoms with Crippen LogP contribution in [0, 0.1) is 11.8 Å². The van der Waals surface area contributed by atoms with Gasteiger partial charge in [-0.05, 0) is 49.7 Å². The molecule has 9 heteroatoms. The fourth-order valence-corrected chi connectivity index (χ4v) is 4.85. The number of para-hydroxylation sites is 1. The average Bonchev–Trinajstić information content (AvgIpc) is 3.20. The maximum absolute atomic E-state index is 13.1. The van der Waals surface area contributed by atoms with E-state index in [-0.39, 0.29) is 31.6 Å². The molecule has 1 heterocycles. The predicted molar refractivity (Wildman–Crippen MR) is 132 cm³/mol. The van der Waals surface area contributed by atoms with Crippen molar-refractivity contribution >= 4 is 22.7 Å². The normalized spacial score (nSPS) is 19.9. The summed E-state index contributed by atoms with van der Waals surface area (Å²) in [5.41, 5.74) is 3.59. The number of hydrogen-bond donors (Lipinski definition) is 3. The molecule has 0 radical (unpaired) electrons. The highest BCUT2D eigenvalue weighted by atomic mass is 16.7. The van der Waals surface area contributed by atoms with Gasteiger partial charge in [-0.2, -0.15) is 0 Å². The molecule has 2 amide bonds. The molecular weight excluding hydrogens is 450 g/mol. The molecule has 1 aliphatic carbocycles.